The molecule has 0 aliphatic carbocycles. The van der Waals surface area contributed by atoms with Crippen molar-refractivity contribution in [2.75, 3.05) is 6.61 Å². The second kappa shape index (κ2) is 11.1. The van der Waals surface area contributed by atoms with Gasteiger partial charge in [-0.2, -0.15) is 0 Å². The molecule has 0 aliphatic rings. The lowest BCUT2D eigenvalue weighted by molar-refractivity contribution is -0.139. The summed E-state index contributed by atoms with van der Waals surface area (Å²) in [4.78, 5) is 11.1. The van der Waals surface area contributed by atoms with E-state index in [9.17, 15) is 8.90 Å². The fraction of sp³-hybridized carbons (Fsp3) is 0.812. The molecule has 0 rings (SSSR count). The summed E-state index contributed by atoms with van der Waals surface area (Å²) in [6.45, 7) is 9.27. The van der Waals surface area contributed by atoms with Crippen LogP contribution in [0.2, 0.25) is 19.1 Å². The molecular formula is C16H31FO2Si. The Labute approximate surface area is 125 Å². The van der Waals surface area contributed by atoms with Crippen LogP contribution in [0.1, 0.15) is 58.3 Å². The lowest BCUT2D eigenvalue weighted by Gasteiger charge is -2.09. The van der Waals surface area contributed by atoms with Crippen molar-refractivity contribution >= 4 is 14.4 Å². The zero-order chi connectivity index (χ0) is 15.4. The monoisotopic (exact) mass is 302 g/mol. The minimum absolute atomic E-state index is 0.288. The van der Waals surface area contributed by atoms with Crippen molar-refractivity contribution in [1.82, 2.24) is 0 Å². The first-order chi connectivity index (χ1) is 9.33. The normalized spacial score (nSPS) is 11.4. The van der Waals surface area contributed by atoms with E-state index in [1.54, 1.807) is 20.0 Å². The van der Waals surface area contributed by atoms with Crippen molar-refractivity contribution in [2.24, 2.45) is 0 Å². The highest BCUT2D eigenvalue weighted by Gasteiger charge is 2.18. The van der Waals surface area contributed by atoms with Gasteiger partial charge in [-0.25, -0.2) is 4.79 Å². The van der Waals surface area contributed by atoms with Gasteiger partial charge in [0.15, 0.2) is 0 Å². The summed E-state index contributed by atoms with van der Waals surface area (Å²) >= 11 is 0. The molecule has 0 saturated carbocycles. The molecule has 0 atom stereocenters. The Morgan fingerprint density at radius 3 is 1.90 bits per heavy atom. The number of unbranched alkanes of at least 4 members (excludes halogenated alkanes) is 7. The molecule has 4 heteroatoms. The summed E-state index contributed by atoms with van der Waals surface area (Å²) in [5.74, 6) is -0.288. The van der Waals surface area contributed by atoms with Crippen LogP contribution < -0.4 is 0 Å². The zero-order valence-corrected chi connectivity index (χ0v) is 14.5. The second-order valence-electron chi connectivity index (χ2n) is 6.21. The number of hydrogen-bond donors (Lipinski definition) is 0. The highest BCUT2D eigenvalue weighted by atomic mass is 28.4. The maximum absolute atomic E-state index is 13.3. The number of hydrogen-bond acceptors (Lipinski definition) is 2. The number of carbonyl (C=O) groups excluding carboxylic acids is 1. The zero-order valence-electron chi connectivity index (χ0n) is 13.5. The minimum Gasteiger partial charge on any atom is -0.462 e. The van der Waals surface area contributed by atoms with Crippen molar-refractivity contribution in [3.63, 3.8) is 0 Å². The van der Waals surface area contributed by atoms with Gasteiger partial charge < -0.3 is 8.84 Å². The Morgan fingerprint density at radius 2 is 1.45 bits per heavy atom. The number of esters is 1. The fourth-order valence-corrected chi connectivity index (χ4v) is 3.09. The van der Waals surface area contributed by atoms with E-state index in [2.05, 4.69) is 6.58 Å². The van der Waals surface area contributed by atoms with Crippen LogP contribution in [0, 0.1) is 0 Å². The largest absolute Gasteiger partial charge is 0.462 e. The van der Waals surface area contributed by atoms with Crippen LogP contribution in [0.4, 0.5) is 4.11 Å². The molecule has 0 aliphatic heterocycles. The first-order valence-corrected chi connectivity index (χ1v) is 10.9. The summed E-state index contributed by atoms with van der Waals surface area (Å²) in [5, 5.41) is 0. The van der Waals surface area contributed by atoms with E-state index < -0.39 is 8.41 Å². The summed E-state index contributed by atoms with van der Waals surface area (Å²) in [7, 11) is -2.31. The molecule has 0 N–H and O–H groups in total. The van der Waals surface area contributed by atoms with E-state index >= 15 is 0 Å². The maximum Gasteiger partial charge on any atom is 0.333 e. The smallest absolute Gasteiger partial charge is 0.333 e. The molecule has 118 valence electrons. The van der Waals surface area contributed by atoms with Gasteiger partial charge in [0.05, 0.1) is 6.61 Å². The van der Waals surface area contributed by atoms with Gasteiger partial charge >= 0.3 is 5.97 Å². The molecule has 0 radical (unpaired) electrons. The van der Waals surface area contributed by atoms with Gasteiger partial charge in [-0.1, -0.05) is 51.5 Å². The predicted octanol–water partition coefficient (Wildman–Crippen LogP) is 5.40. The lowest BCUT2D eigenvalue weighted by atomic mass is 10.1. The maximum atomic E-state index is 13.3. The first kappa shape index (κ1) is 19.4. The van der Waals surface area contributed by atoms with Crippen LogP contribution in [0.5, 0.6) is 0 Å². The van der Waals surface area contributed by atoms with Crippen LogP contribution >= 0.6 is 0 Å². The molecule has 0 saturated heterocycles. The number of halogens is 1. The van der Waals surface area contributed by atoms with E-state index in [1.165, 1.54) is 25.7 Å². The van der Waals surface area contributed by atoms with Crippen molar-refractivity contribution in [3.8, 4) is 0 Å². The molecular weight excluding hydrogens is 271 g/mol. The second-order valence-corrected chi connectivity index (χ2v) is 10.2. The number of carbonyl (C=O) groups is 1. The third-order valence-corrected chi connectivity index (χ3v) is 4.79. The molecule has 2 nitrogen and oxygen atoms in total. The third-order valence-electron chi connectivity index (χ3n) is 3.25. The van der Waals surface area contributed by atoms with E-state index in [1.807, 2.05) is 0 Å². The first-order valence-electron chi connectivity index (χ1n) is 7.84. The fourth-order valence-electron chi connectivity index (χ4n) is 2.00. The van der Waals surface area contributed by atoms with Crippen molar-refractivity contribution < 1.29 is 13.6 Å². The van der Waals surface area contributed by atoms with Gasteiger partial charge in [0.2, 0.25) is 8.41 Å². The van der Waals surface area contributed by atoms with Crippen LogP contribution in [0.15, 0.2) is 12.2 Å². The average molecular weight is 303 g/mol. The highest BCUT2D eigenvalue weighted by Crippen LogP contribution is 2.17. The van der Waals surface area contributed by atoms with Crippen molar-refractivity contribution in [3.05, 3.63) is 12.2 Å². The van der Waals surface area contributed by atoms with Gasteiger partial charge in [0, 0.05) is 5.57 Å². The SMILES string of the molecule is C=C(C)C(=O)OCCCCCCCCCC[Si](C)(C)F. The Morgan fingerprint density at radius 1 is 1.00 bits per heavy atom. The topological polar surface area (TPSA) is 26.3 Å². The number of ether oxygens (including phenoxy) is 1. The van der Waals surface area contributed by atoms with Gasteiger partial charge in [0.25, 0.3) is 0 Å². The quantitative estimate of drug-likeness (QED) is 0.159. The summed E-state index contributed by atoms with van der Waals surface area (Å²) in [6.07, 6.45) is 9.12. The van der Waals surface area contributed by atoms with E-state index in [0.717, 1.165) is 31.7 Å². The van der Waals surface area contributed by atoms with Crippen molar-refractivity contribution in [1.29, 1.82) is 0 Å². The average Bonchev–Trinajstić information content (AvgIpc) is 2.34. The lowest BCUT2D eigenvalue weighted by Crippen LogP contribution is -2.16. The van der Waals surface area contributed by atoms with Crippen LogP contribution in [-0.4, -0.2) is 21.0 Å². The van der Waals surface area contributed by atoms with E-state index in [-0.39, 0.29) is 5.97 Å². The van der Waals surface area contributed by atoms with Gasteiger partial charge in [0.1, 0.15) is 0 Å². The highest BCUT2D eigenvalue weighted by molar-refractivity contribution is 6.70. The third kappa shape index (κ3) is 13.8. The molecule has 0 aromatic rings. The molecule has 0 aromatic carbocycles. The molecule has 0 bridgehead atoms. The van der Waals surface area contributed by atoms with E-state index in [4.69, 9.17) is 4.74 Å². The number of rotatable bonds is 12. The van der Waals surface area contributed by atoms with E-state index in [0.29, 0.717) is 12.2 Å². The summed E-state index contributed by atoms with van der Waals surface area (Å²) in [6, 6.07) is 0.807. The van der Waals surface area contributed by atoms with Crippen LogP contribution in [0.3, 0.4) is 0 Å². The molecule has 0 unspecified atom stereocenters. The van der Waals surface area contributed by atoms with Gasteiger partial charge in [-0.15, -0.1) is 0 Å². The standard InChI is InChI=1S/C16H31FO2Si/c1-15(2)16(18)19-13-11-9-7-5-6-8-10-12-14-20(3,4)17/h1,5-14H2,2-4H3. The molecule has 0 amide bonds. The van der Waals surface area contributed by atoms with Gasteiger partial charge in [-0.05, 0) is 32.5 Å². The van der Waals surface area contributed by atoms with Gasteiger partial charge in [-0.3, -0.25) is 0 Å². The Bertz CT molecular complexity index is 285. The van der Waals surface area contributed by atoms with Crippen LogP contribution in [0.25, 0.3) is 0 Å². The van der Waals surface area contributed by atoms with Crippen LogP contribution in [-0.2, 0) is 9.53 Å². The summed E-state index contributed by atoms with van der Waals surface area (Å²) in [5.41, 5.74) is 0.463. The molecule has 0 aromatic heterocycles. The predicted molar refractivity (Wildman–Crippen MR) is 86.1 cm³/mol. The Balaban J connectivity index is 3.18. The molecule has 0 heterocycles. The minimum atomic E-state index is -2.31. The molecule has 0 fully saturated rings. The Kier molecular flexibility index (Phi) is 10.7. The summed E-state index contributed by atoms with van der Waals surface area (Å²) < 4.78 is 18.4. The van der Waals surface area contributed by atoms with Crippen molar-refractivity contribution in [2.45, 2.75) is 77.4 Å². The molecule has 20 heavy (non-hydrogen) atoms. The molecule has 0 spiro atoms. The Hall–Kier alpha value is -0.643.